The molecule has 2 amide bonds. The Kier molecular flexibility index (Phi) is 6.42. The molecule has 0 unspecified atom stereocenters. The molecule has 0 saturated heterocycles. The molecule has 0 aliphatic carbocycles. The molecule has 154 valence electrons. The van der Waals surface area contributed by atoms with Crippen molar-refractivity contribution in [1.82, 2.24) is 5.32 Å². The molecule has 3 rings (SSSR count). The molecule has 1 aliphatic heterocycles. The molecule has 0 saturated carbocycles. The van der Waals surface area contributed by atoms with E-state index in [0.29, 0.717) is 18.0 Å². The van der Waals surface area contributed by atoms with Crippen LogP contribution in [0.25, 0.3) is 0 Å². The van der Waals surface area contributed by atoms with Crippen molar-refractivity contribution in [2.75, 3.05) is 12.1 Å². The van der Waals surface area contributed by atoms with Gasteiger partial charge in [-0.3, -0.25) is 9.59 Å². The second-order valence-electron chi connectivity index (χ2n) is 7.81. The van der Waals surface area contributed by atoms with Crippen LogP contribution in [0.2, 0.25) is 0 Å². The van der Waals surface area contributed by atoms with Crippen molar-refractivity contribution < 1.29 is 19.1 Å². The van der Waals surface area contributed by atoms with Gasteiger partial charge < -0.3 is 20.1 Å². The Morgan fingerprint density at radius 2 is 1.59 bits per heavy atom. The molecular weight excluding hydrogens is 368 g/mol. The predicted molar refractivity (Wildman–Crippen MR) is 112 cm³/mol. The van der Waals surface area contributed by atoms with Crippen molar-refractivity contribution in [2.45, 2.75) is 52.5 Å². The van der Waals surface area contributed by atoms with Crippen LogP contribution >= 0.6 is 0 Å². The molecule has 2 aromatic rings. The molecule has 0 aromatic heterocycles. The molecule has 0 atom stereocenters. The van der Waals surface area contributed by atoms with E-state index >= 15 is 0 Å². The summed E-state index contributed by atoms with van der Waals surface area (Å²) in [6, 6.07) is 11.6. The van der Waals surface area contributed by atoms with Crippen LogP contribution in [-0.4, -0.2) is 18.6 Å². The Balaban J connectivity index is 1.60. The summed E-state index contributed by atoms with van der Waals surface area (Å²) in [6.45, 7) is 8.89. The van der Waals surface area contributed by atoms with E-state index < -0.39 is 0 Å². The molecule has 0 radical (unpaired) electrons. The van der Waals surface area contributed by atoms with E-state index in [1.807, 2.05) is 36.4 Å². The van der Waals surface area contributed by atoms with Crippen LogP contribution in [0.5, 0.6) is 11.5 Å². The number of amides is 2. The van der Waals surface area contributed by atoms with Crippen LogP contribution in [0, 0.1) is 0 Å². The molecule has 1 aliphatic rings. The molecule has 6 nitrogen and oxygen atoms in total. The lowest BCUT2D eigenvalue weighted by Crippen LogP contribution is -2.28. The first-order valence-electron chi connectivity index (χ1n) is 9.93. The maximum Gasteiger partial charge on any atom is 0.233 e. The summed E-state index contributed by atoms with van der Waals surface area (Å²) in [7, 11) is 0. The van der Waals surface area contributed by atoms with E-state index in [1.165, 1.54) is 0 Å². The quantitative estimate of drug-likeness (QED) is 0.684. The van der Waals surface area contributed by atoms with Crippen molar-refractivity contribution >= 4 is 17.5 Å². The lowest BCUT2D eigenvalue weighted by molar-refractivity contribution is -0.126. The zero-order valence-corrected chi connectivity index (χ0v) is 17.4. The van der Waals surface area contributed by atoms with Crippen LogP contribution in [-0.2, 0) is 16.1 Å². The fraction of sp³-hybridized carbons (Fsp3) is 0.391. The average molecular weight is 396 g/mol. The van der Waals surface area contributed by atoms with E-state index in [2.05, 4.69) is 38.3 Å². The zero-order chi connectivity index (χ0) is 21.0. The van der Waals surface area contributed by atoms with Gasteiger partial charge in [0.2, 0.25) is 18.6 Å². The number of anilines is 1. The number of ether oxygens (including phenoxy) is 2. The Hall–Kier alpha value is -3.02. The number of fused-ring (bicyclic) bond motifs is 1. The normalized spacial score (nSPS) is 12.3. The summed E-state index contributed by atoms with van der Waals surface area (Å²) in [5.74, 6) is 1.26. The highest BCUT2D eigenvalue weighted by molar-refractivity contribution is 6.04. The monoisotopic (exact) mass is 396 g/mol. The smallest absolute Gasteiger partial charge is 0.233 e. The van der Waals surface area contributed by atoms with Crippen LogP contribution < -0.4 is 20.1 Å². The number of benzene rings is 2. The van der Waals surface area contributed by atoms with Crippen molar-refractivity contribution in [1.29, 1.82) is 0 Å². The van der Waals surface area contributed by atoms with Gasteiger partial charge in [-0.2, -0.15) is 0 Å². The van der Waals surface area contributed by atoms with Gasteiger partial charge in [0, 0.05) is 12.2 Å². The van der Waals surface area contributed by atoms with E-state index in [4.69, 9.17) is 9.47 Å². The SMILES string of the molecule is CC(C)c1cccc(C(C)C)c1NC(=O)CC(=O)NCc1ccc2c(c1)OCO2. The predicted octanol–water partition coefficient (Wildman–Crippen LogP) is 4.31. The third kappa shape index (κ3) is 5.08. The molecular formula is C23H28N2O4. The maximum absolute atomic E-state index is 12.5. The van der Waals surface area contributed by atoms with Gasteiger partial charge in [0.25, 0.3) is 0 Å². The highest BCUT2D eigenvalue weighted by atomic mass is 16.7. The third-order valence-corrected chi connectivity index (χ3v) is 4.89. The second-order valence-corrected chi connectivity index (χ2v) is 7.81. The summed E-state index contributed by atoms with van der Waals surface area (Å²) in [5.41, 5.74) is 3.86. The minimum absolute atomic E-state index is 0.210. The van der Waals surface area contributed by atoms with Crippen LogP contribution in [0.4, 0.5) is 5.69 Å². The highest BCUT2D eigenvalue weighted by Gasteiger charge is 2.18. The van der Waals surface area contributed by atoms with Crippen LogP contribution in [0.3, 0.4) is 0 Å². The molecule has 2 N–H and O–H groups in total. The van der Waals surface area contributed by atoms with Gasteiger partial charge in [-0.1, -0.05) is 52.0 Å². The Morgan fingerprint density at radius 1 is 0.931 bits per heavy atom. The Bertz CT molecular complexity index is 879. The first-order valence-corrected chi connectivity index (χ1v) is 9.93. The lowest BCUT2D eigenvalue weighted by atomic mass is 9.92. The van der Waals surface area contributed by atoms with E-state index in [0.717, 1.165) is 22.4 Å². The number of carbonyl (C=O) groups is 2. The number of rotatable bonds is 7. The molecule has 0 spiro atoms. The minimum Gasteiger partial charge on any atom is -0.454 e. The largest absolute Gasteiger partial charge is 0.454 e. The standard InChI is InChI=1S/C23H28N2O4/c1-14(2)17-6-5-7-18(15(3)4)23(17)25-22(27)11-21(26)24-12-16-8-9-19-20(10-16)29-13-28-19/h5-10,14-15H,11-13H2,1-4H3,(H,24,26)(H,25,27). The number of nitrogens with one attached hydrogen (secondary N) is 2. The van der Waals surface area contributed by atoms with Crippen LogP contribution in [0.1, 0.15) is 62.6 Å². The van der Waals surface area contributed by atoms with Crippen molar-refractivity contribution in [2.24, 2.45) is 0 Å². The average Bonchev–Trinajstić information content (AvgIpc) is 3.13. The summed E-state index contributed by atoms with van der Waals surface area (Å²) in [5, 5.41) is 5.75. The first kappa shape index (κ1) is 20.7. The second kappa shape index (κ2) is 8.99. The van der Waals surface area contributed by atoms with E-state index in [9.17, 15) is 9.59 Å². The summed E-state index contributed by atoms with van der Waals surface area (Å²) < 4.78 is 10.6. The van der Waals surface area contributed by atoms with E-state index in [-0.39, 0.29) is 36.9 Å². The van der Waals surface area contributed by atoms with Crippen molar-refractivity contribution in [3.8, 4) is 11.5 Å². The van der Waals surface area contributed by atoms with E-state index in [1.54, 1.807) is 0 Å². The fourth-order valence-electron chi connectivity index (χ4n) is 3.34. The van der Waals surface area contributed by atoms with Gasteiger partial charge in [0.1, 0.15) is 6.42 Å². The summed E-state index contributed by atoms with van der Waals surface area (Å²) in [4.78, 5) is 24.8. The van der Waals surface area contributed by atoms with Crippen molar-refractivity contribution in [3.05, 3.63) is 53.1 Å². The first-order chi connectivity index (χ1) is 13.8. The molecule has 1 heterocycles. The van der Waals surface area contributed by atoms with Gasteiger partial charge in [-0.05, 0) is 40.7 Å². The number of para-hydroxylation sites is 1. The highest BCUT2D eigenvalue weighted by Crippen LogP contribution is 2.33. The number of hydrogen-bond acceptors (Lipinski definition) is 4. The van der Waals surface area contributed by atoms with Crippen LogP contribution in [0.15, 0.2) is 36.4 Å². The maximum atomic E-state index is 12.5. The number of hydrogen-bond donors (Lipinski definition) is 2. The van der Waals surface area contributed by atoms with Gasteiger partial charge in [0.05, 0.1) is 0 Å². The molecule has 0 fully saturated rings. The van der Waals surface area contributed by atoms with Crippen molar-refractivity contribution in [3.63, 3.8) is 0 Å². The topological polar surface area (TPSA) is 76.7 Å². The minimum atomic E-state index is -0.326. The fourth-order valence-corrected chi connectivity index (χ4v) is 3.34. The molecule has 2 aromatic carbocycles. The van der Waals surface area contributed by atoms with Gasteiger partial charge in [0.15, 0.2) is 11.5 Å². The molecule has 0 bridgehead atoms. The number of carbonyl (C=O) groups excluding carboxylic acids is 2. The van der Waals surface area contributed by atoms with Gasteiger partial charge in [-0.15, -0.1) is 0 Å². The molecule has 29 heavy (non-hydrogen) atoms. The zero-order valence-electron chi connectivity index (χ0n) is 17.4. The Morgan fingerprint density at radius 3 is 2.24 bits per heavy atom. The molecule has 6 heteroatoms. The third-order valence-electron chi connectivity index (χ3n) is 4.89. The lowest BCUT2D eigenvalue weighted by Gasteiger charge is -2.20. The summed E-state index contributed by atoms with van der Waals surface area (Å²) in [6.07, 6.45) is -0.228. The summed E-state index contributed by atoms with van der Waals surface area (Å²) >= 11 is 0. The Labute approximate surface area is 171 Å². The van der Waals surface area contributed by atoms with Gasteiger partial charge in [-0.25, -0.2) is 0 Å². The van der Waals surface area contributed by atoms with Gasteiger partial charge >= 0.3 is 0 Å².